The van der Waals surface area contributed by atoms with Crippen molar-refractivity contribution in [1.82, 2.24) is 5.32 Å². The summed E-state index contributed by atoms with van der Waals surface area (Å²) in [5, 5.41) is 3.85. The van der Waals surface area contributed by atoms with Crippen molar-refractivity contribution in [1.29, 1.82) is 0 Å². The third-order valence-corrected chi connectivity index (χ3v) is 4.47. The van der Waals surface area contributed by atoms with E-state index in [1.807, 2.05) is 0 Å². The second kappa shape index (κ2) is 5.70. The molecule has 0 spiro atoms. The van der Waals surface area contributed by atoms with Gasteiger partial charge in [0, 0.05) is 16.3 Å². The highest BCUT2D eigenvalue weighted by Gasteiger charge is 2.41. The summed E-state index contributed by atoms with van der Waals surface area (Å²) < 4.78 is 13.7. The fraction of sp³-hybridized carbons (Fsp3) is 0.462. The highest BCUT2D eigenvalue weighted by molar-refractivity contribution is 9.10. The summed E-state index contributed by atoms with van der Waals surface area (Å²) in [5.41, 5.74) is 0.614. The molecule has 1 aromatic rings. The second-order valence-electron chi connectivity index (χ2n) is 4.75. The van der Waals surface area contributed by atoms with Crippen molar-refractivity contribution in [3.63, 3.8) is 0 Å². The molecule has 1 aliphatic carbocycles. The Balaban J connectivity index is 1.98. The number of alkyl halides is 1. The van der Waals surface area contributed by atoms with Gasteiger partial charge in [-0.1, -0.05) is 15.9 Å². The Bertz CT molecular complexity index is 460. The minimum absolute atomic E-state index is 0.220. The van der Waals surface area contributed by atoms with Gasteiger partial charge in [-0.05, 0) is 58.8 Å². The van der Waals surface area contributed by atoms with Crippen LogP contribution in [0.1, 0.15) is 29.6 Å². The topological polar surface area (TPSA) is 29.1 Å². The summed E-state index contributed by atoms with van der Waals surface area (Å²) in [6.45, 7) is 0.667. The molecule has 0 atom stereocenters. The third-order valence-electron chi connectivity index (χ3n) is 3.38. The van der Waals surface area contributed by atoms with Gasteiger partial charge >= 0.3 is 0 Å². The van der Waals surface area contributed by atoms with Crippen LogP contribution in [0.25, 0.3) is 0 Å². The number of hydrogen-bond donors (Lipinski definition) is 1. The molecule has 18 heavy (non-hydrogen) atoms. The van der Waals surface area contributed by atoms with Gasteiger partial charge in [0.05, 0.1) is 5.56 Å². The molecule has 1 aromatic carbocycles. The zero-order valence-corrected chi connectivity index (χ0v) is 13.0. The van der Waals surface area contributed by atoms with Crippen LogP contribution in [0.3, 0.4) is 0 Å². The molecule has 0 unspecified atom stereocenters. The Morgan fingerprint density at radius 1 is 1.44 bits per heavy atom. The zero-order valence-electron chi connectivity index (χ0n) is 9.81. The number of benzene rings is 1. The lowest BCUT2D eigenvalue weighted by molar-refractivity contribution is 0.0943. The van der Waals surface area contributed by atoms with Gasteiger partial charge in [-0.25, -0.2) is 4.39 Å². The first-order valence-electron chi connectivity index (χ1n) is 5.86. The van der Waals surface area contributed by atoms with Crippen molar-refractivity contribution in [3.05, 3.63) is 34.1 Å². The molecule has 5 heteroatoms. The van der Waals surface area contributed by atoms with E-state index < -0.39 is 5.82 Å². The van der Waals surface area contributed by atoms with E-state index in [1.54, 1.807) is 6.07 Å². The molecular formula is C13H14Br2FNO. The number of rotatable bonds is 5. The SMILES string of the molecule is O=C(NCC1(CCBr)CC1)c1cc(F)ccc1Br. The molecule has 0 heterocycles. The average Bonchev–Trinajstić information content (AvgIpc) is 3.10. The van der Waals surface area contributed by atoms with Crippen LogP contribution < -0.4 is 5.32 Å². The van der Waals surface area contributed by atoms with Crippen molar-refractivity contribution < 1.29 is 9.18 Å². The molecular weight excluding hydrogens is 365 g/mol. The van der Waals surface area contributed by atoms with Crippen molar-refractivity contribution in [2.45, 2.75) is 19.3 Å². The second-order valence-corrected chi connectivity index (χ2v) is 6.39. The Morgan fingerprint density at radius 3 is 2.78 bits per heavy atom. The summed E-state index contributed by atoms with van der Waals surface area (Å²) in [6, 6.07) is 4.13. The Kier molecular flexibility index (Phi) is 4.43. The molecule has 0 aliphatic heterocycles. The monoisotopic (exact) mass is 377 g/mol. The van der Waals surface area contributed by atoms with Crippen molar-refractivity contribution >= 4 is 37.8 Å². The van der Waals surface area contributed by atoms with Crippen LogP contribution in [0, 0.1) is 11.2 Å². The molecule has 1 amide bonds. The molecule has 1 fully saturated rings. The quantitative estimate of drug-likeness (QED) is 0.774. The molecule has 0 aromatic heterocycles. The van der Waals surface area contributed by atoms with Crippen molar-refractivity contribution in [2.75, 3.05) is 11.9 Å². The molecule has 98 valence electrons. The first-order valence-corrected chi connectivity index (χ1v) is 7.77. The van der Waals surface area contributed by atoms with E-state index in [1.165, 1.54) is 12.1 Å². The fourth-order valence-corrected chi connectivity index (χ4v) is 3.19. The van der Waals surface area contributed by atoms with Gasteiger partial charge in [0.25, 0.3) is 5.91 Å². The Labute approximate surface area is 123 Å². The smallest absolute Gasteiger partial charge is 0.252 e. The number of amides is 1. The predicted molar refractivity (Wildman–Crippen MR) is 76.5 cm³/mol. The first-order chi connectivity index (χ1) is 8.56. The van der Waals surface area contributed by atoms with E-state index in [0.717, 1.165) is 24.6 Å². The average molecular weight is 379 g/mol. The van der Waals surface area contributed by atoms with Gasteiger partial charge in [-0.2, -0.15) is 0 Å². The highest BCUT2D eigenvalue weighted by atomic mass is 79.9. The molecule has 0 bridgehead atoms. The maximum atomic E-state index is 13.1. The van der Waals surface area contributed by atoms with Crippen LogP contribution in [-0.4, -0.2) is 17.8 Å². The van der Waals surface area contributed by atoms with E-state index in [-0.39, 0.29) is 11.3 Å². The lowest BCUT2D eigenvalue weighted by Crippen LogP contribution is -2.30. The molecule has 2 nitrogen and oxygen atoms in total. The first kappa shape index (κ1) is 14.0. The zero-order chi connectivity index (χ0) is 13.2. The van der Waals surface area contributed by atoms with Crippen LogP contribution in [0.15, 0.2) is 22.7 Å². The predicted octanol–water partition coefficient (Wildman–Crippen LogP) is 3.88. The molecule has 1 aliphatic rings. The maximum absolute atomic E-state index is 13.1. The summed E-state index contributed by atoms with van der Waals surface area (Å²) >= 11 is 6.69. The minimum atomic E-state index is -0.398. The van der Waals surface area contributed by atoms with Gasteiger partial charge in [-0.3, -0.25) is 4.79 Å². The molecule has 1 saturated carbocycles. The number of nitrogens with one attached hydrogen (secondary N) is 1. The minimum Gasteiger partial charge on any atom is -0.351 e. The largest absolute Gasteiger partial charge is 0.351 e. The fourth-order valence-electron chi connectivity index (χ4n) is 1.93. The van der Waals surface area contributed by atoms with Crippen LogP contribution in [0.2, 0.25) is 0 Å². The van der Waals surface area contributed by atoms with E-state index in [2.05, 4.69) is 37.2 Å². The maximum Gasteiger partial charge on any atom is 0.252 e. The van der Waals surface area contributed by atoms with E-state index >= 15 is 0 Å². The lowest BCUT2D eigenvalue weighted by Gasteiger charge is -2.15. The summed E-state index contributed by atoms with van der Waals surface area (Å²) in [6.07, 6.45) is 3.38. The van der Waals surface area contributed by atoms with Crippen LogP contribution in [-0.2, 0) is 0 Å². The Hall–Kier alpha value is -0.420. The van der Waals surface area contributed by atoms with Gasteiger partial charge in [-0.15, -0.1) is 0 Å². The van der Waals surface area contributed by atoms with Crippen LogP contribution in [0.5, 0.6) is 0 Å². The van der Waals surface area contributed by atoms with Crippen LogP contribution >= 0.6 is 31.9 Å². The Morgan fingerprint density at radius 2 is 2.17 bits per heavy atom. The highest BCUT2D eigenvalue weighted by Crippen LogP contribution is 2.48. The number of carbonyl (C=O) groups is 1. The molecule has 2 rings (SSSR count). The van der Waals surface area contributed by atoms with E-state index in [0.29, 0.717) is 16.6 Å². The summed E-state index contributed by atoms with van der Waals surface area (Å²) in [4.78, 5) is 12.0. The lowest BCUT2D eigenvalue weighted by atomic mass is 10.0. The number of carbonyl (C=O) groups excluding carboxylic acids is 1. The number of hydrogen-bond acceptors (Lipinski definition) is 1. The van der Waals surface area contributed by atoms with E-state index in [4.69, 9.17) is 0 Å². The third kappa shape index (κ3) is 3.32. The van der Waals surface area contributed by atoms with E-state index in [9.17, 15) is 9.18 Å². The normalized spacial score (nSPS) is 16.4. The summed E-state index contributed by atoms with van der Waals surface area (Å²) in [5.74, 6) is -0.618. The van der Waals surface area contributed by atoms with Gasteiger partial charge in [0.15, 0.2) is 0 Å². The van der Waals surface area contributed by atoms with Crippen LogP contribution in [0.4, 0.5) is 4.39 Å². The van der Waals surface area contributed by atoms with Gasteiger partial charge in [0.2, 0.25) is 0 Å². The van der Waals surface area contributed by atoms with Gasteiger partial charge in [0.1, 0.15) is 5.82 Å². The standard InChI is InChI=1S/C13H14Br2FNO/c14-6-5-13(3-4-13)8-17-12(18)10-7-9(16)1-2-11(10)15/h1-2,7H,3-6,8H2,(H,17,18). The number of halogens is 3. The van der Waals surface area contributed by atoms with Crippen molar-refractivity contribution in [2.24, 2.45) is 5.41 Å². The van der Waals surface area contributed by atoms with Crippen molar-refractivity contribution in [3.8, 4) is 0 Å². The molecule has 1 N–H and O–H groups in total. The molecule has 0 saturated heterocycles. The molecule has 0 radical (unpaired) electrons. The van der Waals surface area contributed by atoms with Gasteiger partial charge < -0.3 is 5.32 Å². The summed E-state index contributed by atoms with van der Waals surface area (Å²) in [7, 11) is 0.